The molecule has 7 heteroatoms. The van der Waals surface area contributed by atoms with Gasteiger partial charge in [0.25, 0.3) is 0 Å². The molecule has 1 saturated heterocycles. The molecule has 1 fully saturated rings. The van der Waals surface area contributed by atoms with Gasteiger partial charge < -0.3 is 4.90 Å². The van der Waals surface area contributed by atoms with Crippen LogP contribution in [0.4, 0.5) is 0 Å². The lowest BCUT2D eigenvalue weighted by Gasteiger charge is -2.27. The standard InChI is InChI=1S/C9H16N2.H3NO3S/c1-2-5-9-10-6-4-8-11(9)7-3-1;1-5(2,3)4/h1-8H2;(H3,1,2,3,4). The van der Waals surface area contributed by atoms with E-state index in [1.807, 2.05) is 0 Å². The first-order chi connectivity index (χ1) is 7.47. The van der Waals surface area contributed by atoms with Gasteiger partial charge in [0.15, 0.2) is 0 Å². The fourth-order valence-corrected chi connectivity index (χ4v) is 1.94. The molecule has 6 nitrogen and oxygen atoms in total. The minimum Gasteiger partial charge on any atom is -0.360 e. The summed E-state index contributed by atoms with van der Waals surface area (Å²) in [6.45, 7) is 3.60. The predicted octanol–water partition coefficient (Wildman–Crippen LogP) is 0.413. The summed E-state index contributed by atoms with van der Waals surface area (Å²) in [5.74, 6) is 1.40. The summed E-state index contributed by atoms with van der Waals surface area (Å²) in [4.78, 5) is 7.04. The lowest BCUT2D eigenvalue weighted by atomic mass is 10.2. The number of aliphatic imine (C=N–C) groups is 1. The Hall–Kier alpha value is -0.660. The average Bonchev–Trinajstić information content (AvgIpc) is 2.39. The van der Waals surface area contributed by atoms with E-state index < -0.39 is 10.3 Å². The first-order valence-electron chi connectivity index (χ1n) is 5.50. The van der Waals surface area contributed by atoms with Crippen molar-refractivity contribution >= 4 is 16.1 Å². The summed E-state index contributed by atoms with van der Waals surface area (Å²) < 4.78 is 25.2. The van der Waals surface area contributed by atoms with E-state index in [9.17, 15) is 0 Å². The van der Waals surface area contributed by atoms with Crippen molar-refractivity contribution in [3.05, 3.63) is 0 Å². The second-order valence-corrected chi connectivity index (χ2v) is 4.99. The third-order valence-corrected chi connectivity index (χ3v) is 2.57. The van der Waals surface area contributed by atoms with Gasteiger partial charge in [0.05, 0.1) is 5.84 Å². The zero-order valence-electron chi connectivity index (χ0n) is 9.30. The first-order valence-corrected chi connectivity index (χ1v) is 7.00. The predicted molar refractivity (Wildman–Crippen MR) is 62.7 cm³/mol. The molecule has 0 unspecified atom stereocenters. The van der Waals surface area contributed by atoms with Gasteiger partial charge in [-0.05, 0) is 19.3 Å². The van der Waals surface area contributed by atoms with Crippen molar-refractivity contribution in [3.63, 3.8) is 0 Å². The maximum Gasteiger partial charge on any atom is 0.330 e. The molecular formula is C9H19N3O3S. The fraction of sp³-hybridized carbons (Fsp3) is 0.889. The van der Waals surface area contributed by atoms with Gasteiger partial charge >= 0.3 is 10.3 Å². The topological polar surface area (TPSA) is 96.0 Å². The zero-order chi connectivity index (χ0) is 12.0. The summed E-state index contributed by atoms with van der Waals surface area (Å²) in [7, 11) is -4.17. The van der Waals surface area contributed by atoms with Gasteiger partial charge in [-0.25, -0.2) is 5.14 Å². The van der Waals surface area contributed by atoms with Gasteiger partial charge in [0.1, 0.15) is 0 Å². The molecule has 0 spiro atoms. The van der Waals surface area contributed by atoms with E-state index in [1.165, 1.54) is 51.0 Å². The van der Waals surface area contributed by atoms with Crippen molar-refractivity contribution in [3.8, 4) is 0 Å². The highest BCUT2D eigenvalue weighted by Gasteiger charge is 2.16. The second-order valence-electron chi connectivity index (χ2n) is 3.96. The van der Waals surface area contributed by atoms with Gasteiger partial charge in [-0.2, -0.15) is 8.42 Å². The Bertz CT molecular complexity index is 332. The van der Waals surface area contributed by atoms with Gasteiger partial charge in [-0.3, -0.25) is 9.55 Å². The highest BCUT2D eigenvalue weighted by atomic mass is 32.2. The molecule has 0 aliphatic carbocycles. The quantitative estimate of drug-likeness (QED) is 0.608. The third kappa shape index (κ3) is 6.04. The number of fused-ring (bicyclic) bond motifs is 1. The third-order valence-electron chi connectivity index (χ3n) is 2.57. The molecule has 0 bridgehead atoms. The molecule has 0 saturated carbocycles. The van der Waals surface area contributed by atoms with Crippen LogP contribution in [0, 0.1) is 0 Å². The zero-order valence-corrected chi connectivity index (χ0v) is 10.1. The Balaban J connectivity index is 0.000000221. The minimum atomic E-state index is -4.17. The molecule has 0 radical (unpaired) electrons. The molecule has 3 N–H and O–H groups in total. The van der Waals surface area contributed by atoms with Crippen LogP contribution in [-0.2, 0) is 10.3 Å². The van der Waals surface area contributed by atoms with Crippen molar-refractivity contribution < 1.29 is 13.0 Å². The van der Waals surface area contributed by atoms with E-state index in [2.05, 4.69) is 15.0 Å². The molecule has 2 heterocycles. The van der Waals surface area contributed by atoms with Crippen LogP contribution in [0.1, 0.15) is 32.1 Å². The van der Waals surface area contributed by atoms with Gasteiger partial charge in [0, 0.05) is 26.1 Å². The van der Waals surface area contributed by atoms with Gasteiger partial charge in [0.2, 0.25) is 0 Å². The summed E-state index contributed by atoms with van der Waals surface area (Å²) in [5, 5.41) is 3.88. The van der Waals surface area contributed by atoms with Crippen molar-refractivity contribution in [1.82, 2.24) is 4.90 Å². The number of amidine groups is 1. The Morgan fingerprint density at radius 1 is 1.19 bits per heavy atom. The van der Waals surface area contributed by atoms with E-state index in [1.54, 1.807) is 0 Å². The molecule has 16 heavy (non-hydrogen) atoms. The van der Waals surface area contributed by atoms with Crippen molar-refractivity contribution in [1.29, 1.82) is 0 Å². The monoisotopic (exact) mass is 249 g/mol. The highest BCUT2D eigenvalue weighted by molar-refractivity contribution is 7.83. The fourth-order valence-electron chi connectivity index (χ4n) is 1.94. The van der Waals surface area contributed by atoms with Crippen LogP contribution in [0.3, 0.4) is 0 Å². The van der Waals surface area contributed by atoms with Gasteiger partial charge in [-0.1, -0.05) is 6.42 Å². The summed E-state index contributed by atoms with van der Waals surface area (Å²) in [5.41, 5.74) is 0. The van der Waals surface area contributed by atoms with Crippen LogP contribution in [0.5, 0.6) is 0 Å². The molecule has 2 aliphatic rings. The number of hydrogen-bond donors (Lipinski definition) is 2. The van der Waals surface area contributed by atoms with E-state index in [0.717, 1.165) is 6.54 Å². The molecule has 0 aromatic heterocycles. The van der Waals surface area contributed by atoms with Crippen molar-refractivity contribution in [2.45, 2.75) is 32.1 Å². The number of nitrogens with two attached hydrogens (primary N) is 1. The first kappa shape index (κ1) is 13.4. The van der Waals surface area contributed by atoms with Crippen molar-refractivity contribution in [2.24, 2.45) is 10.1 Å². The normalized spacial score (nSPS) is 21.1. The van der Waals surface area contributed by atoms with E-state index in [4.69, 9.17) is 13.0 Å². The van der Waals surface area contributed by atoms with Crippen molar-refractivity contribution in [2.75, 3.05) is 19.6 Å². The van der Waals surface area contributed by atoms with Crippen LogP contribution in [0.2, 0.25) is 0 Å². The highest BCUT2D eigenvalue weighted by Crippen LogP contribution is 2.15. The van der Waals surface area contributed by atoms with E-state index in [0.29, 0.717) is 0 Å². The Morgan fingerprint density at radius 2 is 1.81 bits per heavy atom. The number of rotatable bonds is 0. The smallest absolute Gasteiger partial charge is 0.330 e. The lowest BCUT2D eigenvalue weighted by Crippen LogP contribution is -2.34. The summed E-state index contributed by atoms with van der Waals surface area (Å²) in [6.07, 6.45) is 6.63. The van der Waals surface area contributed by atoms with E-state index in [-0.39, 0.29) is 0 Å². The second kappa shape index (κ2) is 6.17. The van der Waals surface area contributed by atoms with Crippen LogP contribution < -0.4 is 5.14 Å². The summed E-state index contributed by atoms with van der Waals surface area (Å²) in [6, 6.07) is 0. The molecule has 2 rings (SSSR count). The van der Waals surface area contributed by atoms with Crippen LogP contribution in [0.15, 0.2) is 4.99 Å². The summed E-state index contributed by atoms with van der Waals surface area (Å²) >= 11 is 0. The molecular weight excluding hydrogens is 230 g/mol. The number of nitrogens with zero attached hydrogens (tertiary/aromatic N) is 2. The number of hydrogen-bond acceptors (Lipinski definition) is 4. The average molecular weight is 249 g/mol. The molecule has 0 amide bonds. The molecule has 94 valence electrons. The largest absolute Gasteiger partial charge is 0.360 e. The van der Waals surface area contributed by atoms with Crippen LogP contribution >= 0.6 is 0 Å². The Kier molecular flexibility index (Phi) is 5.17. The molecule has 0 aromatic rings. The minimum absolute atomic E-state index is 1.08. The molecule has 0 atom stereocenters. The molecule has 2 aliphatic heterocycles. The van der Waals surface area contributed by atoms with Gasteiger partial charge in [-0.15, -0.1) is 0 Å². The lowest BCUT2D eigenvalue weighted by molar-refractivity contribution is 0.391. The van der Waals surface area contributed by atoms with Crippen LogP contribution in [0.25, 0.3) is 0 Å². The SMILES string of the molecule is C1CCC2=NCCCN2CC1.NS(=O)(=O)O. The van der Waals surface area contributed by atoms with Crippen LogP contribution in [-0.4, -0.2) is 43.3 Å². The Labute approximate surface area is 96.4 Å². The Morgan fingerprint density at radius 3 is 2.50 bits per heavy atom. The maximum atomic E-state index is 8.97. The maximum absolute atomic E-state index is 8.97. The molecule has 0 aromatic carbocycles. The van der Waals surface area contributed by atoms with E-state index >= 15 is 0 Å².